The zero-order valence-corrected chi connectivity index (χ0v) is 18.4. The Kier molecular flexibility index (Phi) is 7.37. The summed E-state index contributed by atoms with van der Waals surface area (Å²) in [5.74, 6) is 1.09. The predicted octanol–water partition coefficient (Wildman–Crippen LogP) is 2.89. The molecule has 0 aliphatic heterocycles. The van der Waals surface area contributed by atoms with E-state index in [9.17, 15) is 4.79 Å². The molecular formula is C23H29N7O. The minimum Gasteiger partial charge on any atom is -0.356 e. The topological polar surface area (TPSA) is 96.2 Å². The maximum atomic E-state index is 12.1. The summed E-state index contributed by atoms with van der Waals surface area (Å²) in [5.41, 5.74) is 5.06. The molecule has 0 unspecified atom stereocenters. The molecule has 0 fully saturated rings. The molecular weight excluding hydrogens is 390 g/mol. The van der Waals surface area contributed by atoms with Crippen molar-refractivity contribution in [2.45, 2.75) is 33.7 Å². The molecule has 0 aliphatic rings. The van der Waals surface area contributed by atoms with Crippen LogP contribution < -0.4 is 16.0 Å². The van der Waals surface area contributed by atoms with E-state index in [1.807, 2.05) is 49.7 Å². The minimum atomic E-state index is -0.101. The summed E-state index contributed by atoms with van der Waals surface area (Å²) in [4.78, 5) is 20.7. The molecule has 1 aromatic carbocycles. The summed E-state index contributed by atoms with van der Waals surface area (Å²) in [6.45, 7) is 6.95. The van der Waals surface area contributed by atoms with Crippen molar-refractivity contribution in [1.82, 2.24) is 25.4 Å². The summed E-state index contributed by atoms with van der Waals surface area (Å²) in [7, 11) is 1.71. The molecule has 3 rings (SSSR count). The first-order valence-corrected chi connectivity index (χ1v) is 10.3. The molecule has 162 valence electrons. The zero-order chi connectivity index (χ0) is 22.2. The third-order valence-electron chi connectivity index (χ3n) is 4.70. The number of rotatable bonds is 7. The third kappa shape index (κ3) is 6.15. The Morgan fingerprint density at radius 2 is 1.84 bits per heavy atom. The van der Waals surface area contributed by atoms with Gasteiger partial charge in [0, 0.05) is 37.9 Å². The highest BCUT2D eigenvalue weighted by Crippen LogP contribution is 2.16. The lowest BCUT2D eigenvalue weighted by Crippen LogP contribution is -2.38. The molecule has 1 amide bonds. The summed E-state index contributed by atoms with van der Waals surface area (Å²) in [5, 5.41) is 13.9. The van der Waals surface area contributed by atoms with Crippen molar-refractivity contribution < 1.29 is 4.79 Å². The molecule has 3 aromatic rings. The van der Waals surface area contributed by atoms with E-state index in [0.29, 0.717) is 31.3 Å². The normalized spacial score (nSPS) is 11.3. The standard InChI is InChI=1S/C23H29N7O/c1-16-8-7-11-21(27-16)28-22(31)12-13-25-23(24-4)26-15-19-9-5-6-10-20(19)30-18(3)14-17(2)29-30/h5-11,14H,12-13,15H2,1-4H3,(H2,24,25,26)(H,27,28,31). The summed E-state index contributed by atoms with van der Waals surface area (Å²) >= 11 is 0. The first-order valence-electron chi connectivity index (χ1n) is 10.3. The SMILES string of the molecule is CN=C(NCCC(=O)Nc1cccc(C)n1)NCc1ccccc1-n1nc(C)cc1C. The van der Waals surface area contributed by atoms with E-state index in [1.165, 1.54) is 0 Å². The Morgan fingerprint density at radius 1 is 1.03 bits per heavy atom. The van der Waals surface area contributed by atoms with E-state index in [2.05, 4.69) is 49.2 Å². The summed E-state index contributed by atoms with van der Waals surface area (Å²) in [6.07, 6.45) is 0.304. The van der Waals surface area contributed by atoms with Gasteiger partial charge < -0.3 is 16.0 Å². The molecule has 8 nitrogen and oxygen atoms in total. The van der Waals surface area contributed by atoms with Crippen molar-refractivity contribution in [2.75, 3.05) is 18.9 Å². The molecule has 0 spiro atoms. The number of guanidine groups is 1. The van der Waals surface area contributed by atoms with Crippen LogP contribution in [0.4, 0.5) is 5.82 Å². The van der Waals surface area contributed by atoms with Crippen molar-refractivity contribution in [1.29, 1.82) is 0 Å². The van der Waals surface area contributed by atoms with Gasteiger partial charge in [-0.15, -0.1) is 0 Å². The number of anilines is 1. The Labute approximate surface area is 182 Å². The number of carbonyl (C=O) groups excluding carboxylic acids is 1. The lowest BCUT2D eigenvalue weighted by Gasteiger charge is -2.15. The first kappa shape index (κ1) is 22.0. The van der Waals surface area contributed by atoms with Crippen molar-refractivity contribution in [2.24, 2.45) is 4.99 Å². The van der Waals surface area contributed by atoms with Crippen molar-refractivity contribution >= 4 is 17.7 Å². The van der Waals surface area contributed by atoms with Crippen LogP contribution in [0, 0.1) is 20.8 Å². The number of aryl methyl sites for hydroxylation is 3. The second kappa shape index (κ2) is 10.4. The lowest BCUT2D eigenvalue weighted by molar-refractivity contribution is -0.116. The van der Waals surface area contributed by atoms with Crippen LogP contribution in [0.25, 0.3) is 5.69 Å². The van der Waals surface area contributed by atoms with Gasteiger partial charge >= 0.3 is 0 Å². The van der Waals surface area contributed by atoms with Gasteiger partial charge in [-0.25, -0.2) is 9.67 Å². The second-order valence-electron chi connectivity index (χ2n) is 7.28. The highest BCUT2D eigenvalue weighted by Gasteiger charge is 2.10. The van der Waals surface area contributed by atoms with Gasteiger partial charge in [0.2, 0.25) is 5.91 Å². The molecule has 3 N–H and O–H groups in total. The number of nitrogens with one attached hydrogen (secondary N) is 3. The summed E-state index contributed by atoms with van der Waals surface area (Å²) < 4.78 is 1.95. The molecule has 0 atom stereocenters. The van der Waals surface area contributed by atoms with E-state index in [4.69, 9.17) is 0 Å². The molecule has 0 saturated carbocycles. The van der Waals surface area contributed by atoms with Gasteiger partial charge in [0.15, 0.2) is 5.96 Å². The van der Waals surface area contributed by atoms with Crippen LogP contribution in [-0.4, -0.2) is 40.2 Å². The smallest absolute Gasteiger partial charge is 0.227 e. The van der Waals surface area contributed by atoms with Gasteiger partial charge in [-0.1, -0.05) is 24.3 Å². The maximum Gasteiger partial charge on any atom is 0.227 e. The van der Waals surface area contributed by atoms with E-state index in [0.717, 1.165) is 28.3 Å². The number of nitrogens with zero attached hydrogens (tertiary/aromatic N) is 4. The van der Waals surface area contributed by atoms with Crippen LogP contribution in [-0.2, 0) is 11.3 Å². The van der Waals surface area contributed by atoms with Crippen LogP contribution in [0.1, 0.15) is 29.1 Å². The van der Waals surface area contributed by atoms with Crippen LogP contribution in [0.3, 0.4) is 0 Å². The largest absolute Gasteiger partial charge is 0.356 e. The van der Waals surface area contributed by atoms with E-state index >= 15 is 0 Å². The fraction of sp³-hybridized carbons (Fsp3) is 0.304. The first-order chi connectivity index (χ1) is 15.0. The molecule has 31 heavy (non-hydrogen) atoms. The van der Waals surface area contributed by atoms with Gasteiger partial charge in [-0.3, -0.25) is 9.79 Å². The zero-order valence-electron chi connectivity index (χ0n) is 18.4. The van der Waals surface area contributed by atoms with Crippen LogP contribution in [0.15, 0.2) is 53.5 Å². The molecule has 2 heterocycles. The number of aliphatic imine (C=N–C) groups is 1. The second-order valence-corrected chi connectivity index (χ2v) is 7.28. The quantitative estimate of drug-likeness (QED) is 0.404. The number of hydrogen-bond donors (Lipinski definition) is 3. The number of benzene rings is 1. The minimum absolute atomic E-state index is 0.101. The number of pyridine rings is 1. The van der Waals surface area contributed by atoms with Crippen molar-refractivity contribution in [3.8, 4) is 5.69 Å². The van der Waals surface area contributed by atoms with E-state index in [1.54, 1.807) is 13.1 Å². The highest BCUT2D eigenvalue weighted by atomic mass is 16.1. The van der Waals surface area contributed by atoms with Gasteiger partial charge in [-0.2, -0.15) is 5.10 Å². The monoisotopic (exact) mass is 419 g/mol. The van der Waals surface area contributed by atoms with Crippen molar-refractivity contribution in [3.63, 3.8) is 0 Å². The maximum absolute atomic E-state index is 12.1. The lowest BCUT2D eigenvalue weighted by atomic mass is 10.1. The Balaban J connectivity index is 1.52. The third-order valence-corrected chi connectivity index (χ3v) is 4.70. The number of amides is 1. The molecule has 0 bridgehead atoms. The Morgan fingerprint density at radius 3 is 2.55 bits per heavy atom. The highest BCUT2D eigenvalue weighted by molar-refractivity contribution is 5.90. The van der Waals surface area contributed by atoms with Gasteiger partial charge in [-0.05, 0) is 50.6 Å². The number of carbonyl (C=O) groups is 1. The van der Waals surface area contributed by atoms with Crippen molar-refractivity contribution in [3.05, 3.63) is 71.2 Å². The fourth-order valence-corrected chi connectivity index (χ4v) is 3.25. The Hall–Kier alpha value is -3.68. The van der Waals surface area contributed by atoms with E-state index in [-0.39, 0.29) is 5.91 Å². The fourth-order valence-electron chi connectivity index (χ4n) is 3.25. The van der Waals surface area contributed by atoms with Gasteiger partial charge in [0.1, 0.15) is 5.82 Å². The molecule has 0 saturated heterocycles. The van der Waals surface area contributed by atoms with Crippen LogP contribution >= 0.6 is 0 Å². The molecule has 2 aromatic heterocycles. The number of aromatic nitrogens is 3. The predicted molar refractivity (Wildman–Crippen MR) is 123 cm³/mol. The number of para-hydroxylation sites is 1. The molecule has 0 aliphatic carbocycles. The molecule has 0 radical (unpaired) electrons. The Bertz CT molecular complexity index is 1070. The summed E-state index contributed by atoms with van der Waals surface area (Å²) in [6, 6.07) is 15.7. The van der Waals surface area contributed by atoms with Gasteiger partial charge in [0.05, 0.1) is 11.4 Å². The number of hydrogen-bond acceptors (Lipinski definition) is 4. The average Bonchev–Trinajstić information content (AvgIpc) is 3.08. The van der Waals surface area contributed by atoms with E-state index < -0.39 is 0 Å². The van der Waals surface area contributed by atoms with Crippen LogP contribution in [0.2, 0.25) is 0 Å². The van der Waals surface area contributed by atoms with Gasteiger partial charge in [0.25, 0.3) is 0 Å². The van der Waals surface area contributed by atoms with Crippen LogP contribution in [0.5, 0.6) is 0 Å². The molecule has 8 heteroatoms. The average molecular weight is 420 g/mol.